The number of hydrogen-bond donors (Lipinski definition) is 1. The molecule has 2 aromatic heterocycles. The highest BCUT2D eigenvalue weighted by molar-refractivity contribution is 5.88. The van der Waals surface area contributed by atoms with Gasteiger partial charge in [-0.25, -0.2) is 4.98 Å². The first-order valence-corrected chi connectivity index (χ1v) is 6.17. The van der Waals surface area contributed by atoms with E-state index in [9.17, 15) is 4.79 Å². The Balaban J connectivity index is 2.60. The number of hydrogen-bond acceptors (Lipinski definition) is 5. The quantitative estimate of drug-likeness (QED) is 0.909. The summed E-state index contributed by atoms with van der Waals surface area (Å²) >= 11 is 0. The van der Waals surface area contributed by atoms with Gasteiger partial charge in [0.2, 0.25) is 17.7 Å². The van der Waals surface area contributed by atoms with Gasteiger partial charge in [-0.05, 0) is 20.8 Å². The number of aromatic nitrogens is 4. The lowest BCUT2D eigenvalue weighted by Crippen LogP contribution is -2.11. The van der Waals surface area contributed by atoms with E-state index in [0.29, 0.717) is 23.7 Å². The van der Waals surface area contributed by atoms with Gasteiger partial charge in [0.1, 0.15) is 0 Å². The fourth-order valence-electron chi connectivity index (χ4n) is 1.72. The lowest BCUT2D eigenvalue weighted by atomic mass is 10.4. The van der Waals surface area contributed by atoms with Crippen LogP contribution in [0.3, 0.4) is 0 Å². The van der Waals surface area contributed by atoms with Gasteiger partial charge in [-0.1, -0.05) is 0 Å². The van der Waals surface area contributed by atoms with Crippen LogP contribution in [0.1, 0.15) is 33.7 Å². The standard InChI is InChI=1S/C12H17N5O2/c1-5-19-11-9-10(17(6-13-9)7(2)3)15-12(16-11)14-8(4)18/h6-7H,5H2,1-4H3,(H,14,15,16,18). The molecule has 0 unspecified atom stereocenters. The monoisotopic (exact) mass is 263 g/mol. The first-order chi connectivity index (χ1) is 9.02. The summed E-state index contributed by atoms with van der Waals surface area (Å²) in [6.07, 6.45) is 1.70. The topological polar surface area (TPSA) is 81.9 Å². The Bertz CT molecular complexity index is 605. The van der Waals surface area contributed by atoms with Gasteiger partial charge in [0.15, 0.2) is 11.2 Å². The molecule has 1 amide bonds. The lowest BCUT2D eigenvalue weighted by molar-refractivity contribution is -0.114. The van der Waals surface area contributed by atoms with E-state index in [4.69, 9.17) is 4.74 Å². The van der Waals surface area contributed by atoms with Crippen molar-refractivity contribution in [2.24, 2.45) is 0 Å². The van der Waals surface area contributed by atoms with Gasteiger partial charge < -0.3 is 9.30 Å². The van der Waals surface area contributed by atoms with E-state index in [2.05, 4.69) is 20.3 Å². The van der Waals surface area contributed by atoms with Crippen molar-refractivity contribution in [2.75, 3.05) is 11.9 Å². The molecule has 0 aliphatic carbocycles. The van der Waals surface area contributed by atoms with Crippen molar-refractivity contribution in [3.8, 4) is 5.88 Å². The van der Waals surface area contributed by atoms with Gasteiger partial charge >= 0.3 is 0 Å². The maximum Gasteiger partial charge on any atom is 0.247 e. The van der Waals surface area contributed by atoms with Gasteiger partial charge in [-0.15, -0.1) is 0 Å². The van der Waals surface area contributed by atoms with Gasteiger partial charge in [-0.2, -0.15) is 9.97 Å². The summed E-state index contributed by atoms with van der Waals surface area (Å²) in [7, 11) is 0. The Hall–Kier alpha value is -2.18. The smallest absolute Gasteiger partial charge is 0.247 e. The van der Waals surface area contributed by atoms with E-state index in [1.54, 1.807) is 6.33 Å². The van der Waals surface area contributed by atoms with Crippen LogP contribution in [0.4, 0.5) is 5.95 Å². The molecule has 2 aromatic rings. The van der Waals surface area contributed by atoms with Crippen LogP contribution in [0.15, 0.2) is 6.33 Å². The number of fused-ring (bicyclic) bond motifs is 1. The molecule has 7 heteroatoms. The van der Waals surface area contributed by atoms with Crippen molar-refractivity contribution in [1.29, 1.82) is 0 Å². The molecule has 0 spiro atoms. The molecule has 0 aliphatic rings. The van der Waals surface area contributed by atoms with E-state index >= 15 is 0 Å². The number of nitrogens with zero attached hydrogens (tertiary/aromatic N) is 4. The van der Waals surface area contributed by atoms with Crippen LogP contribution in [0.5, 0.6) is 5.88 Å². The molecule has 0 saturated carbocycles. The molecule has 102 valence electrons. The molecular formula is C12H17N5O2. The zero-order chi connectivity index (χ0) is 14.0. The van der Waals surface area contributed by atoms with Gasteiger partial charge in [-0.3, -0.25) is 10.1 Å². The minimum atomic E-state index is -0.225. The number of nitrogens with one attached hydrogen (secondary N) is 1. The Labute approximate surface area is 111 Å². The number of imidazole rings is 1. The summed E-state index contributed by atoms with van der Waals surface area (Å²) in [6, 6.07) is 0.208. The number of amides is 1. The predicted octanol–water partition coefficient (Wildman–Crippen LogP) is 1.76. The van der Waals surface area contributed by atoms with E-state index in [1.807, 2.05) is 25.3 Å². The summed E-state index contributed by atoms with van der Waals surface area (Å²) in [4.78, 5) is 23.9. The number of carbonyl (C=O) groups is 1. The van der Waals surface area contributed by atoms with Crippen molar-refractivity contribution in [3.05, 3.63) is 6.33 Å². The lowest BCUT2D eigenvalue weighted by Gasteiger charge is -2.09. The fraction of sp³-hybridized carbons (Fsp3) is 0.500. The SMILES string of the molecule is CCOc1nc(NC(C)=O)nc2c1ncn2C(C)C. The Kier molecular flexibility index (Phi) is 3.64. The molecule has 1 N–H and O–H groups in total. The molecular weight excluding hydrogens is 246 g/mol. The van der Waals surface area contributed by atoms with Crippen LogP contribution in [-0.4, -0.2) is 32.0 Å². The first-order valence-electron chi connectivity index (χ1n) is 6.17. The third-order valence-corrected chi connectivity index (χ3v) is 2.51. The van der Waals surface area contributed by atoms with Crippen molar-refractivity contribution in [1.82, 2.24) is 19.5 Å². The maximum absolute atomic E-state index is 11.1. The minimum absolute atomic E-state index is 0.208. The average Bonchev–Trinajstić information content (AvgIpc) is 2.72. The molecule has 0 aromatic carbocycles. The first kappa shape index (κ1) is 13.3. The van der Waals surface area contributed by atoms with E-state index in [0.717, 1.165) is 0 Å². The molecule has 2 heterocycles. The summed E-state index contributed by atoms with van der Waals surface area (Å²) in [5, 5.41) is 2.57. The van der Waals surface area contributed by atoms with Gasteiger partial charge in [0, 0.05) is 13.0 Å². The van der Waals surface area contributed by atoms with Gasteiger partial charge in [0.25, 0.3) is 0 Å². The molecule has 19 heavy (non-hydrogen) atoms. The zero-order valence-electron chi connectivity index (χ0n) is 11.5. The summed E-state index contributed by atoms with van der Waals surface area (Å²) in [5.41, 5.74) is 1.25. The number of anilines is 1. The molecule has 0 radical (unpaired) electrons. The second kappa shape index (κ2) is 5.21. The average molecular weight is 263 g/mol. The number of rotatable bonds is 4. The Morgan fingerprint density at radius 2 is 2.21 bits per heavy atom. The molecule has 0 bridgehead atoms. The van der Waals surface area contributed by atoms with Gasteiger partial charge in [0.05, 0.1) is 12.9 Å². The Morgan fingerprint density at radius 1 is 1.47 bits per heavy atom. The molecule has 7 nitrogen and oxygen atoms in total. The van der Waals surface area contributed by atoms with Crippen molar-refractivity contribution < 1.29 is 9.53 Å². The van der Waals surface area contributed by atoms with Crippen LogP contribution in [0.25, 0.3) is 11.2 Å². The highest BCUT2D eigenvalue weighted by atomic mass is 16.5. The molecule has 0 fully saturated rings. The highest BCUT2D eigenvalue weighted by Gasteiger charge is 2.16. The Morgan fingerprint density at radius 3 is 2.79 bits per heavy atom. The third-order valence-electron chi connectivity index (χ3n) is 2.51. The van der Waals surface area contributed by atoms with Crippen LogP contribution in [0.2, 0.25) is 0 Å². The fourth-order valence-corrected chi connectivity index (χ4v) is 1.72. The van der Waals surface area contributed by atoms with Crippen molar-refractivity contribution in [2.45, 2.75) is 33.7 Å². The van der Waals surface area contributed by atoms with E-state index < -0.39 is 0 Å². The van der Waals surface area contributed by atoms with E-state index in [1.165, 1.54) is 6.92 Å². The molecule has 0 atom stereocenters. The maximum atomic E-state index is 11.1. The third kappa shape index (κ3) is 2.64. The molecule has 0 saturated heterocycles. The summed E-state index contributed by atoms with van der Waals surface area (Å²) < 4.78 is 7.36. The van der Waals surface area contributed by atoms with Crippen molar-refractivity contribution in [3.63, 3.8) is 0 Å². The highest BCUT2D eigenvalue weighted by Crippen LogP contribution is 2.24. The van der Waals surface area contributed by atoms with Crippen molar-refractivity contribution >= 4 is 23.0 Å². The van der Waals surface area contributed by atoms with Crippen LogP contribution < -0.4 is 10.1 Å². The van der Waals surface area contributed by atoms with E-state index in [-0.39, 0.29) is 17.9 Å². The second-order valence-electron chi connectivity index (χ2n) is 4.38. The second-order valence-corrected chi connectivity index (χ2v) is 4.38. The zero-order valence-corrected chi connectivity index (χ0v) is 11.5. The van der Waals surface area contributed by atoms with Crippen LogP contribution in [-0.2, 0) is 4.79 Å². The summed E-state index contributed by atoms with van der Waals surface area (Å²) in [5.74, 6) is 0.388. The summed E-state index contributed by atoms with van der Waals surface area (Å²) in [6.45, 7) is 7.81. The normalized spacial score (nSPS) is 11.0. The minimum Gasteiger partial charge on any atom is -0.476 e. The predicted molar refractivity (Wildman–Crippen MR) is 71.2 cm³/mol. The molecule has 2 rings (SSSR count). The number of ether oxygens (including phenoxy) is 1. The molecule has 0 aliphatic heterocycles. The largest absolute Gasteiger partial charge is 0.476 e. The van der Waals surface area contributed by atoms with Crippen LogP contribution >= 0.6 is 0 Å². The van der Waals surface area contributed by atoms with Crippen LogP contribution in [0, 0.1) is 0 Å². The number of carbonyl (C=O) groups excluding carboxylic acids is 1.